The highest BCUT2D eigenvalue weighted by Gasteiger charge is 2.20. The third-order valence-electron chi connectivity index (χ3n) is 2.60. The van der Waals surface area contributed by atoms with Gasteiger partial charge < -0.3 is 9.26 Å². The molecule has 0 saturated carbocycles. The van der Waals surface area contributed by atoms with Gasteiger partial charge in [-0.1, -0.05) is 5.16 Å². The van der Waals surface area contributed by atoms with Crippen molar-refractivity contribution in [3.63, 3.8) is 0 Å². The fourth-order valence-corrected chi connectivity index (χ4v) is 1.55. The Kier molecular flexibility index (Phi) is 3.94. The lowest BCUT2D eigenvalue weighted by molar-refractivity contribution is 0.0942. The summed E-state index contributed by atoms with van der Waals surface area (Å²) in [7, 11) is 0. The van der Waals surface area contributed by atoms with E-state index in [0.717, 1.165) is 12.1 Å². The Morgan fingerprint density at radius 2 is 2.25 bits per heavy atom. The molecule has 0 unspecified atom stereocenters. The highest BCUT2D eigenvalue weighted by molar-refractivity contribution is 5.93. The number of nitrogen functional groups attached to an aromatic ring is 1. The molecule has 0 fully saturated rings. The quantitative estimate of drug-likeness (QED) is 0.503. The Balaban J connectivity index is 2.18. The molecule has 0 saturated heterocycles. The lowest BCUT2D eigenvalue weighted by Crippen LogP contribution is -2.31. The summed E-state index contributed by atoms with van der Waals surface area (Å²) in [5.74, 6) is 2.99. The van der Waals surface area contributed by atoms with Crippen LogP contribution in [-0.2, 0) is 6.61 Å². The molecule has 8 heteroatoms. The van der Waals surface area contributed by atoms with Crippen molar-refractivity contribution in [3.05, 3.63) is 46.9 Å². The van der Waals surface area contributed by atoms with Crippen LogP contribution in [0, 0.1) is 18.6 Å². The monoisotopic (exact) mass is 283 g/mol. The number of carbonyl (C=O) groups is 1. The van der Waals surface area contributed by atoms with Crippen LogP contribution in [0.3, 0.4) is 0 Å². The molecule has 6 nitrogen and oxygen atoms in total. The zero-order chi connectivity index (χ0) is 14.7. The summed E-state index contributed by atoms with van der Waals surface area (Å²) in [5, 5.41) is 3.53. The summed E-state index contributed by atoms with van der Waals surface area (Å²) in [5.41, 5.74) is 2.19. The lowest BCUT2D eigenvalue weighted by Gasteiger charge is -2.07. The van der Waals surface area contributed by atoms with Gasteiger partial charge in [-0.2, -0.15) is 0 Å². The molecule has 1 aromatic carbocycles. The van der Waals surface area contributed by atoms with E-state index in [1.54, 1.807) is 6.92 Å². The number of hydrazine groups is 1. The topological polar surface area (TPSA) is 90.4 Å². The standard InChI is InChI=1S/C12H11F2N3O3/c1-6-8(11(17-20-6)12(18)16-15)5-19-10-3-2-7(13)4-9(10)14/h2-4H,5,15H2,1H3,(H,16,18). The smallest absolute Gasteiger partial charge is 0.287 e. The van der Waals surface area contributed by atoms with Gasteiger partial charge in [0.25, 0.3) is 5.91 Å². The van der Waals surface area contributed by atoms with Crippen LogP contribution in [0.4, 0.5) is 8.78 Å². The van der Waals surface area contributed by atoms with Gasteiger partial charge in [0.15, 0.2) is 17.3 Å². The SMILES string of the molecule is Cc1onc(C(=O)NN)c1COc1ccc(F)cc1F. The van der Waals surface area contributed by atoms with Crippen LogP contribution in [0.5, 0.6) is 5.75 Å². The van der Waals surface area contributed by atoms with Gasteiger partial charge in [-0.05, 0) is 19.1 Å². The van der Waals surface area contributed by atoms with E-state index < -0.39 is 17.5 Å². The van der Waals surface area contributed by atoms with Crippen molar-refractivity contribution in [2.45, 2.75) is 13.5 Å². The highest BCUT2D eigenvalue weighted by atomic mass is 19.1. The van der Waals surface area contributed by atoms with Crippen LogP contribution in [0.25, 0.3) is 0 Å². The Morgan fingerprint density at radius 1 is 1.50 bits per heavy atom. The minimum absolute atomic E-state index is 0.0486. The minimum atomic E-state index is -0.844. The molecule has 20 heavy (non-hydrogen) atoms. The fourth-order valence-electron chi connectivity index (χ4n) is 1.55. The number of benzene rings is 1. The van der Waals surface area contributed by atoms with Gasteiger partial charge >= 0.3 is 0 Å². The van der Waals surface area contributed by atoms with E-state index in [0.29, 0.717) is 17.4 Å². The fraction of sp³-hybridized carbons (Fsp3) is 0.167. The highest BCUT2D eigenvalue weighted by Crippen LogP contribution is 2.21. The Morgan fingerprint density at radius 3 is 2.90 bits per heavy atom. The number of nitrogens with zero attached hydrogens (tertiary/aromatic N) is 1. The van der Waals surface area contributed by atoms with E-state index >= 15 is 0 Å². The molecule has 0 aliphatic heterocycles. The van der Waals surface area contributed by atoms with E-state index in [2.05, 4.69) is 5.16 Å². The number of halogens is 2. The van der Waals surface area contributed by atoms with Gasteiger partial charge in [-0.15, -0.1) is 0 Å². The Bertz CT molecular complexity index is 643. The maximum absolute atomic E-state index is 13.4. The molecule has 0 atom stereocenters. The molecule has 1 amide bonds. The molecule has 1 heterocycles. The summed E-state index contributed by atoms with van der Waals surface area (Å²) in [6, 6.07) is 2.91. The van der Waals surface area contributed by atoms with Crippen LogP contribution < -0.4 is 16.0 Å². The van der Waals surface area contributed by atoms with Crippen molar-refractivity contribution in [1.82, 2.24) is 10.6 Å². The summed E-state index contributed by atoms with van der Waals surface area (Å²) >= 11 is 0. The third kappa shape index (κ3) is 2.75. The summed E-state index contributed by atoms with van der Waals surface area (Å²) in [6.45, 7) is 1.40. The largest absolute Gasteiger partial charge is 0.486 e. The second kappa shape index (κ2) is 5.66. The Labute approximate surface area is 112 Å². The summed E-state index contributed by atoms with van der Waals surface area (Å²) < 4.78 is 36.2. The maximum atomic E-state index is 13.4. The molecule has 0 bridgehead atoms. The lowest BCUT2D eigenvalue weighted by atomic mass is 10.2. The second-order valence-corrected chi connectivity index (χ2v) is 3.90. The molecule has 2 rings (SSSR count). The average molecular weight is 283 g/mol. The van der Waals surface area contributed by atoms with Crippen LogP contribution in [0.2, 0.25) is 0 Å². The van der Waals surface area contributed by atoms with Gasteiger partial charge in [0.2, 0.25) is 0 Å². The average Bonchev–Trinajstić information content (AvgIpc) is 2.78. The molecule has 0 spiro atoms. The predicted octanol–water partition coefficient (Wildman–Crippen LogP) is 1.44. The number of nitrogens with one attached hydrogen (secondary N) is 1. The number of aryl methyl sites for hydroxylation is 1. The van der Waals surface area contributed by atoms with Crippen LogP contribution in [-0.4, -0.2) is 11.1 Å². The molecule has 0 radical (unpaired) electrons. The zero-order valence-corrected chi connectivity index (χ0v) is 10.4. The minimum Gasteiger partial charge on any atom is -0.486 e. The van der Waals surface area contributed by atoms with E-state index in [1.165, 1.54) is 0 Å². The van der Waals surface area contributed by atoms with Crippen molar-refractivity contribution in [3.8, 4) is 5.75 Å². The zero-order valence-electron chi connectivity index (χ0n) is 10.4. The number of nitrogens with two attached hydrogens (primary N) is 1. The number of amides is 1. The van der Waals surface area contributed by atoms with Gasteiger partial charge in [0, 0.05) is 6.07 Å². The van der Waals surface area contributed by atoms with Crippen molar-refractivity contribution in [1.29, 1.82) is 0 Å². The van der Waals surface area contributed by atoms with Crippen LogP contribution in [0.1, 0.15) is 21.8 Å². The van der Waals surface area contributed by atoms with Gasteiger partial charge in [0.1, 0.15) is 18.2 Å². The molecule has 1 aromatic heterocycles. The normalized spacial score (nSPS) is 10.4. The first-order chi connectivity index (χ1) is 9.52. The summed E-state index contributed by atoms with van der Waals surface area (Å²) in [6.07, 6.45) is 0. The molecular weight excluding hydrogens is 272 g/mol. The number of hydrogen-bond acceptors (Lipinski definition) is 5. The number of hydrogen-bond donors (Lipinski definition) is 2. The van der Waals surface area contributed by atoms with Crippen molar-refractivity contribution < 1.29 is 22.8 Å². The number of carbonyl (C=O) groups excluding carboxylic acids is 1. The first kappa shape index (κ1) is 13.9. The maximum Gasteiger partial charge on any atom is 0.287 e. The van der Waals surface area contributed by atoms with E-state index in [-0.39, 0.29) is 18.1 Å². The predicted molar refractivity (Wildman–Crippen MR) is 63.6 cm³/mol. The molecule has 0 aliphatic rings. The van der Waals surface area contributed by atoms with Gasteiger partial charge in [-0.25, -0.2) is 14.6 Å². The molecule has 3 N–H and O–H groups in total. The van der Waals surface area contributed by atoms with Crippen LogP contribution >= 0.6 is 0 Å². The molecule has 2 aromatic rings. The van der Waals surface area contributed by atoms with E-state index in [9.17, 15) is 13.6 Å². The third-order valence-corrected chi connectivity index (χ3v) is 2.60. The second-order valence-electron chi connectivity index (χ2n) is 3.90. The number of ether oxygens (including phenoxy) is 1. The van der Waals surface area contributed by atoms with Crippen molar-refractivity contribution in [2.75, 3.05) is 0 Å². The first-order valence-electron chi connectivity index (χ1n) is 5.57. The van der Waals surface area contributed by atoms with E-state index in [1.807, 2.05) is 5.43 Å². The van der Waals surface area contributed by atoms with Crippen molar-refractivity contribution in [2.24, 2.45) is 5.84 Å². The van der Waals surface area contributed by atoms with Crippen LogP contribution in [0.15, 0.2) is 22.7 Å². The summed E-state index contributed by atoms with van der Waals surface area (Å²) in [4.78, 5) is 11.4. The van der Waals surface area contributed by atoms with Gasteiger partial charge in [0.05, 0.1) is 5.56 Å². The molecule has 106 valence electrons. The molecule has 0 aliphatic carbocycles. The number of aromatic nitrogens is 1. The Hall–Kier alpha value is -2.48. The molecular formula is C12H11F2N3O3. The van der Waals surface area contributed by atoms with Crippen molar-refractivity contribution >= 4 is 5.91 Å². The number of rotatable bonds is 4. The van der Waals surface area contributed by atoms with E-state index in [4.69, 9.17) is 15.1 Å². The van der Waals surface area contributed by atoms with Gasteiger partial charge in [-0.3, -0.25) is 10.2 Å². The first-order valence-corrected chi connectivity index (χ1v) is 5.57.